The number of carboxylic acid groups (broad SMARTS) is 3. The fraction of sp³-hybridized carbons (Fsp3) is 0.486. The fourth-order valence-corrected chi connectivity index (χ4v) is 5.99. The van der Waals surface area contributed by atoms with Gasteiger partial charge in [0, 0.05) is 45.3 Å². The maximum Gasteiger partial charge on any atom is 0.433 e. The maximum atomic E-state index is 13.6. The standard InChI is InChI=1S/C29H25F9N6O3.C8H14O5/c1-2-26(40)18(13-19-21(44(26)25(45)46)5-6-23(42-19)29(36,37)38)24-41-14-22(47-8-4-3-7-39)20(43-24)11-15-9-16(27(30,31)32)12-17(10-15)28(33,34)35;9-7(10)3-1-5-13-6-2-4-8(11)12/h5-6,9-10,12,14,18H,2-4,8,11,13,40H2,1H3,(H,45,46);1-6H2,(H,9,10)(H,11,12). The minimum Gasteiger partial charge on any atom is -0.490 e. The molecule has 0 spiro atoms. The molecule has 0 radical (unpaired) electrons. The molecule has 1 aliphatic rings. The van der Waals surface area contributed by atoms with Gasteiger partial charge in [0.15, 0.2) is 5.75 Å². The smallest absolute Gasteiger partial charge is 0.433 e. The molecule has 5 N–H and O–H groups in total. The lowest BCUT2D eigenvalue weighted by Gasteiger charge is -2.47. The Morgan fingerprint density at radius 1 is 0.883 bits per heavy atom. The molecule has 3 aromatic rings. The van der Waals surface area contributed by atoms with Crippen molar-refractivity contribution in [2.45, 2.75) is 94.8 Å². The summed E-state index contributed by atoms with van der Waals surface area (Å²) in [4.78, 5) is 45.3. The number of alkyl halides is 9. The Labute approximate surface area is 335 Å². The van der Waals surface area contributed by atoms with Crippen LogP contribution in [0.5, 0.6) is 5.75 Å². The van der Waals surface area contributed by atoms with Crippen LogP contribution in [0.4, 0.5) is 50.0 Å². The van der Waals surface area contributed by atoms with Crippen molar-refractivity contribution in [2.24, 2.45) is 5.73 Å². The van der Waals surface area contributed by atoms with Gasteiger partial charge in [0.05, 0.1) is 53.0 Å². The molecular formula is C37H39F9N6O8. The van der Waals surface area contributed by atoms with Crippen molar-refractivity contribution in [3.8, 4) is 11.8 Å². The van der Waals surface area contributed by atoms with E-state index in [2.05, 4.69) is 15.0 Å². The lowest BCUT2D eigenvalue weighted by molar-refractivity contribution is -0.143. The van der Waals surface area contributed by atoms with Crippen LogP contribution < -0.4 is 15.4 Å². The monoisotopic (exact) mass is 866 g/mol. The Bertz CT molecular complexity index is 1970. The molecule has 0 saturated carbocycles. The van der Waals surface area contributed by atoms with Crippen molar-refractivity contribution < 1.29 is 78.7 Å². The van der Waals surface area contributed by atoms with Crippen molar-refractivity contribution >= 4 is 23.7 Å². The van der Waals surface area contributed by atoms with E-state index in [9.17, 15) is 59.0 Å². The Hall–Kier alpha value is -5.76. The van der Waals surface area contributed by atoms with Crippen LogP contribution in [0.2, 0.25) is 0 Å². The predicted octanol–water partition coefficient (Wildman–Crippen LogP) is 7.82. The number of nitrogens with two attached hydrogens (primary N) is 1. The molecule has 0 saturated heterocycles. The van der Waals surface area contributed by atoms with Crippen molar-refractivity contribution in [1.29, 1.82) is 5.26 Å². The highest BCUT2D eigenvalue weighted by atomic mass is 19.4. The first kappa shape index (κ1) is 48.6. The van der Waals surface area contributed by atoms with Gasteiger partial charge in [-0.15, -0.1) is 0 Å². The van der Waals surface area contributed by atoms with Crippen molar-refractivity contribution in [1.82, 2.24) is 15.0 Å². The molecule has 14 nitrogen and oxygen atoms in total. The van der Waals surface area contributed by atoms with Crippen LogP contribution in [-0.2, 0) is 45.7 Å². The molecule has 4 rings (SSSR count). The summed E-state index contributed by atoms with van der Waals surface area (Å²) < 4.78 is 132. The average Bonchev–Trinajstić information content (AvgIpc) is 3.14. The predicted molar refractivity (Wildman–Crippen MR) is 190 cm³/mol. The number of unbranched alkanes of at least 4 members (excludes halogenated alkanes) is 1. The van der Waals surface area contributed by atoms with Gasteiger partial charge in [-0.3, -0.25) is 14.5 Å². The molecule has 1 amide bonds. The molecule has 2 unspecified atom stereocenters. The van der Waals surface area contributed by atoms with Gasteiger partial charge in [0.1, 0.15) is 17.2 Å². The van der Waals surface area contributed by atoms with Gasteiger partial charge in [0.2, 0.25) is 0 Å². The second kappa shape index (κ2) is 20.5. The largest absolute Gasteiger partial charge is 0.490 e. The quantitative estimate of drug-likeness (QED) is 0.0797. The topological polar surface area (TPSA) is 222 Å². The number of hydrogen-bond donors (Lipinski definition) is 4. The van der Waals surface area contributed by atoms with Crippen LogP contribution in [0.1, 0.15) is 97.4 Å². The third-order valence-electron chi connectivity index (χ3n) is 8.88. The van der Waals surface area contributed by atoms with Gasteiger partial charge in [-0.05, 0) is 61.6 Å². The van der Waals surface area contributed by atoms with E-state index in [1.165, 1.54) is 6.92 Å². The van der Waals surface area contributed by atoms with Gasteiger partial charge in [0.25, 0.3) is 0 Å². The van der Waals surface area contributed by atoms with E-state index in [0.717, 1.165) is 12.3 Å². The number of fused-ring (bicyclic) bond motifs is 1. The summed E-state index contributed by atoms with van der Waals surface area (Å²) in [5, 5.41) is 35.4. The number of pyridine rings is 1. The Morgan fingerprint density at radius 2 is 1.47 bits per heavy atom. The minimum atomic E-state index is -5.14. The van der Waals surface area contributed by atoms with Crippen molar-refractivity contribution in [3.05, 3.63) is 76.1 Å². The highest BCUT2D eigenvalue weighted by Gasteiger charge is 2.50. The summed E-state index contributed by atoms with van der Waals surface area (Å²) in [7, 11) is 0. The molecule has 328 valence electrons. The van der Waals surface area contributed by atoms with Gasteiger partial charge in [-0.2, -0.15) is 44.8 Å². The number of halogens is 9. The van der Waals surface area contributed by atoms with E-state index in [1.54, 1.807) is 0 Å². The number of benzene rings is 1. The lowest BCUT2D eigenvalue weighted by Crippen LogP contribution is -2.64. The SMILES string of the molecule is CCC1(N)C(c2ncc(OCCCC#N)c(Cc3cc(C(F)(F)F)cc(C(F)(F)F)c3)n2)Cc2nc(C(F)(F)F)ccc2N1C(=O)O.O=C(O)CCCOCCCC(=O)O. The number of carbonyl (C=O) groups is 3. The number of amides is 1. The molecule has 0 fully saturated rings. The highest BCUT2D eigenvalue weighted by Crippen LogP contribution is 2.45. The van der Waals surface area contributed by atoms with Crippen LogP contribution in [0.25, 0.3) is 0 Å². The van der Waals surface area contributed by atoms with Gasteiger partial charge < -0.3 is 30.5 Å². The summed E-state index contributed by atoms with van der Waals surface area (Å²) in [5.41, 5.74) is -0.946. The van der Waals surface area contributed by atoms with E-state index in [-0.39, 0.29) is 73.4 Å². The number of nitrogens with zero attached hydrogens (tertiary/aromatic N) is 5. The lowest BCUT2D eigenvalue weighted by atomic mass is 9.80. The Morgan fingerprint density at radius 3 is 1.95 bits per heavy atom. The number of carboxylic acids is 2. The second-order valence-corrected chi connectivity index (χ2v) is 13.2. The van der Waals surface area contributed by atoms with E-state index < -0.39 is 83.4 Å². The van der Waals surface area contributed by atoms with E-state index in [0.29, 0.717) is 49.2 Å². The van der Waals surface area contributed by atoms with Crippen LogP contribution in [0, 0.1) is 11.3 Å². The molecule has 0 bridgehead atoms. The summed E-state index contributed by atoms with van der Waals surface area (Å²) in [6.45, 7) is 2.15. The zero-order valence-electron chi connectivity index (χ0n) is 31.6. The summed E-state index contributed by atoms with van der Waals surface area (Å²) in [6, 6.07) is 4.36. The number of rotatable bonds is 16. The summed E-state index contributed by atoms with van der Waals surface area (Å²) in [5.74, 6) is -3.40. The molecule has 1 aromatic carbocycles. The highest BCUT2D eigenvalue weighted by molar-refractivity contribution is 5.89. The Balaban J connectivity index is 0.000000636. The number of nitriles is 1. The average molecular weight is 867 g/mol. The first-order chi connectivity index (χ1) is 27.9. The Kier molecular flexibility index (Phi) is 16.6. The fourth-order valence-electron chi connectivity index (χ4n) is 5.99. The third kappa shape index (κ3) is 13.4. The summed E-state index contributed by atoms with van der Waals surface area (Å²) >= 11 is 0. The molecule has 2 atom stereocenters. The normalized spacial score (nSPS) is 16.6. The maximum absolute atomic E-state index is 13.6. The first-order valence-corrected chi connectivity index (χ1v) is 18.0. The molecule has 60 heavy (non-hydrogen) atoms. The first-order valence-electron chi connectivity index (χ1n) is 18.0. The van der Waals surface area contributed by atoms with Gasteiger partial charge in [-0.25, -0.2) is 19.7 Å². The molecule has 3 heterocycles. The van der Waals surface area contributed by atoms with Crippen LogP contribution >= 0.6 is 0 Å². The third-order valence-corrected chi connectivity index (χ3v) is 8.88. The zero-order valence-corrected chi connectivity index (χ0v) is 31.6. The molecule has 0 aliphatic carbocycles. The number of aliphatic carboxylic acids is 2. The molecule has 1 aliphatic heterocycles. The van der Waals surface area contributed by atoms with Gasteiger partial charge in [-0.1, -0.05) is 6.92 Å². The second-order valence-electron chi connectivity index (χ2n) is 13.2. The van der Waals surface area contributed by atoms with E-state index in [1.807, 2.05) is 6.07 Å². The number of hydrogen-bond acceptors (Lipinski definition) is 10. The molecular weight excluding hydrogens is 827 g/mol. The number of aromatic nitrogens is 3. The molecule has 23 heteroatoms. The molecule has 2 aromatic heterocycles. The van der Waals surface area contributed by atoms with Crippen LogP contribution in [-0.4, -0.2) is 73.8 Å². The van der Waals surface area contributed by atoms with Crippen molar-refractivity contribution in [3.63, 3.8) is 0 Å². The van der Waals surface area contributed by atoms with Crippen LogP contribution in [0.3, 0.4) is 0 Å². The van der Waals surface area contributed by atoms with E-state index >= 15 is 0 Å². The van der Waals surface area contributed by atoms with Crippen LogP contribution in [0.15, 0.2) is 36.5 Å². The van der Waals surface area contributed by atoms with Gasteiger partial charge >= 0.3 is 36.6 Å². The number of ether oxygens (including phenoxy) is 2. The summed E-state index contributed by atoms with van der Waals surface area (Å²) in [6.07, 6.45) is -15.5. The zero-order chi connectivity index (χ0) is 45.1. The van der Waals surface area contributed by atoms with Crippen molar-refractivity contribution in [2.75, 3.05) is 24.7 Å². The minimum absolute atomic E-state index is 0.0413. The number of anilines is 1. The van der Waals surface area contributed by atoms with E-state index in [4.69, 9.17) is 30.7 Å².